The maximum Gasteiger partial charge on any atom is 0.292 e. The van der Waals surface area contributed by atoms with Gasteiger partial charge >= 0.3 is 0 Å². The molecule has 0 radical (unpaired) electrons. The van der Waals surface area contributed by atoms with Crippen molar-refractivity contribution in [3.05, 3.63) is 28.7 Å². The van der Waals surface area contributed by atoms with Crippen LogP contribution in [0.3, 0.4) is 0 Å². The van der Waals surface area contributed by atoms with Crippen LogP contribution >= 0.6 is 12.2 Å². The molecule has 0 aliphatic carbocycles. The molecule has 0 amide bonds. The van der Waals surface area contributed by atoms with Gasteiger partial charge in [-0.05, 0) is 38.1 Å². The van der Waals surface area contributed by atoms with Gasteiger partial charge in [0.2, 0.25) is 0 Å². The van der Waals surface area contributed by atoms with Crippen molar-refractivity contribution in [1.29, 1.82) is 0 Å². The Balaban J connectivity index is 1.86. The second kappa shape index (κ2) is 8.14. The molecule has 6 heteroatoms. The second-order valence-electron chi connectivity index (χ2n) is 5.34. The van der Waals surface area contributed by atoms with E-state index in [9.17, 15) is 4.79 Å². The van der Waals surface area contributed by atoms with Gasteiger partial charge in [-0.15, -0.1) is 0 Å². The monoisotopic (exact) mass is 309 g/mol. The van der Waals surface area contributed by atoms with Crippen LogP contribution in [-0.2, 0) is 6.54 Å². The lowest BCUT2D eigenvalue weighted by molar-refractivity contribution is 0.182. The van der Waals surface area contributed by atoms with Crippen molar-refractivity contribution >= 4 is 17.2 Å². The van der Waals surface area contributed by atoms with Gasteiger partial charge in [-0.25, -0.2) is 0 Å². The van der Waals surface area contributed by atoms with Crippen molar-refractivity contribution in [2.24, 2.45) is 5.73 Å². The number of hydrogen-bond acceptors (Lipinski definition) is 4. The number of piperidine rings is 1. The van der Waals surface area contributed by atoms with Gasteiger partial charge in [0.05, 0.1) is 4.99 Å². The van der Waals surface area contributed by atoms with E-state index in [0.717, 1.165) is 19.6 Å². The van der Waals surface area contributed by atoms with E-state index < -0.39 is 0 Å². The molecular formula is C15H23N3O2S. The summed E-state index contributed by atoms with van der Waals surface area (Å²) in [5.74, 6) is 0.400. The average molecular weight is 309 g/mol. The highest BCUT2D eigenvalue weighted by atomic mass is 32.1. The predicted octanol–water partition coefficient (Wildman–Crippen LogP) is 1.39. The molecular weight excluding hydrogens is 286 g/mol. The fourth-order valence-corrected chi connectivity index (χ4v) is 2.59. The van der Waals surface area contributed by atoms with E-state index in [0.29, 0.717) is 30.3 Å². The minimum atomic E-state index is -0.118. The molecule has 116 valence electrons. The molecule has 2 rings (SSSR count). The SMILES string of the molecule is NC(=S)CCn1cccc(OCCN2CCCCC2)c1=O. The quantitative estimate of drug-likeness (QED) is 0.771. The van der Waals surface area contributed by atoms with Gasteiger partial charge in [-0.3, -0.25) is 9.69 Å². The van der Waals surface area contributed by atoms with E-state index in [1.807, 2.05) is 6.07 Å². The highest BCUT2D eigenvalue weighted by molar-refractivity contribution is 7.80. The van der Waals surface area contributed by atoms with Gasteiger partial charge in [0, 0.05) is 25.7 Å². The van der Waals surface area contributed by atoms with Gasteiger partial charge in [-0.1, -0.05) is 18.6 Å². The van der Waals surface area contributed by atoms with E-state index >= 15 is 0 Å². The van der Waals surface area contributed by atoms with Crippen molar-refractivity contribution in [3.63, 3.8) is 0 Å². The Morgan fingerprint density at radius 3 is 2.76 bits per heavy atom. The zero-order chi connectivity index (χ0) is 15.1. The van der Waals surface area contributed by atoms with Gasteiger partial charge in [0.15, 0.2) is 5.75 Å². The average Bonchev–Trinajstić information content (AvgIpc) is 2.49. The minimum absolute atomic E-state index is 0.118. The van der Waals surface area contributed by atoms with Crippen LogP contribution in [0.2, 0.25) is 0 Å². The maximum absolute atomic E-state index is 12.2. The lowest BCUT2D eigenvalue weighted by Crippen LogP contribution is -2.34. The van der Waals surface area contributed by atoms with Gasteiger partial charge in [0.25, 0.3) is 5.56 Å². The molecule has 1 saturated heterocycles. The molecule has 0 aromatic carbocycles. The Hall–Kier alpha value is -1.40. The Morgan fingerprint density at radius 2 is 2.05 bits per heavy atom. The highest BCUT2D eigenvalue weighted by Crippen LogP contribution is 2.08. The first kappa shape index (κ1) is 16.0. The third kappa shape index (κ3) is 5.13. The summed E-state index contributed by atoms with van der Waals surface area (Å²) in [5.41, 5.74) is 5.35. The van der Waals surface area contributed by atoms with E-state index in [4.69, 9.17) is 22.7 Å². The minimum Gasteiger partial charge on any atom is -0.487 e. The van der Waals surface area contributed by atoms with Crippen molar-refractivity contribution in [1.82, 2.24) is 9.47 Å². The molecule has 2 N–H and O–H groups in total. The Labute approximate surface area is 130 Å². The zero-order valence-electron chi connectivity index (χ0n) is 12.3. The second-order valence-corrected chi connectivity index (χ2v) is 5.86. The van der Waals surface area contributed by atoms with Gasteiger partial charge < -0.3 is 15.0 Å². The number of aryl methyl sites for hydroxylation is 1. The fourth-order valence-electron chi connectivity index (χ4n) is 2.50. The summed E-state index contributed by atoms with van der Waals surface area (Å²) in [6.45, 7) is 4.19. The molecule has 5 nitrogen and oxygen atoms in total. The number of thiocarbonyl (C=S) groups is 1. The molecule has 0 saturated carbocycles. The lowest BCUT2D eigenvalue weighted by atomic mass is 10.1. The molecule has 0 spiro atoms. The number of nitrogens with zero attached hydrogens (tertiary/aromatic N) is 2. The summed E-state index contributed by atoms with van der Waals surface area (Å²) in [7, 11) is 0. The Morgan fingerprint density at radius 1 is 1.29 bits per heavy atom. The largest absolute Gasteiger partial charge is 0.487 e. The van der Waals surface area contributed by atoms with Crippen LogP contribution in [0.15, 0.2) is 23.1 Å². The maximum atomic E-state index is 12.2. The number of aromatic nitrogens is 1. The topological polar surface area (TPSA) is 60.5 Å². The summed E-state index contributed by atoms with van der Waals surface area (Å²) in [5, 5.41) is 0. The first-order chi connectivity index (χ1) is 10.2. The fraction of sp³-hybridized carbons (Fsp3) is 0.600. The summed E-state index contributed by atoms with van der Waals surface area (Å²) in [6, 6.07) is 3.53. The summed E-state index contributed by atoms with van der Waals surface area (Å²) in [4.78, 5) is 15.0. The van der Waals surface area contributed by atoms with Gasteiger partial charge in [0.1, 0.15) is 6.61 Å². The molecule has 0 atom stereocenters. The number of hydrogen-bond donors (Lipinski definition) is 1. The van der Waals surface area contributed by atoms with Crippen molar-refractivity contribution in [2.75, 3.05) is 26.2 Å². The normalized spacial score (nSPS) is 15.8. The van der Waals surface area contributed by atoms with Crippen molar-refractivity contribution < 1.29 is 4.74 Å². The molecule has 21 heavy (non-hydrogen) atoms. The van der Waals surface area contributed by atoms with Crippen LogP contribution < -0.4 is 16.0 Å². The molecule has 0 unspecified atom stereocenters. The molecule has 2 heterocycles. The summed E-state index contributed by atoms with van der Waals surface area (Å²) >= 11 is 4.84. The first-order valence-electron chi connectivity index (χ1n) is 7.50. The van der Waals surface area contributed by atoms with E-state index in [1.54, 1.807) is 16.8 Å². The number of pyridine rings is 1. The standard InChI is InChI=1S/C15H23N3O2S/c16-14(21)6-10-18-9-4-5-13(15(18)19)20-12-11-17-7-2-1-3-8-17/h4-5,9H,1-3,6-8,10-12H2,(H2,16,21). The van der Waals surface area contributed by atoms with E-state index in [1.165, 1.54) is 19.3 Å². The van der Waals surface area contributed by atoms with Gasteiger partial charge in [-0.2, -0.15) is 0 Å². The molecule has 1 aromatic rings. The third-order valence-corrected chi connectivity index (χ3v) is 3.90. The van der Waals surface area contributed by atoms with Crippen molar-refractivity contribution in [3.8, 4) is 5.75 Å². The van der Waals surface area contributed by atoms with Crippen LogP contribution in [-0.4, -0.2) is 40.7 Å². The number of likely N-dealkylation sites (tertiary alicyclic amines) is 1. The van der Waals surface area contributed by atoms with E-state index in [2.05, 4.69) is 4.90 Å². The number of nitrogens with two attached hydrogens (primary N) is 1. The molecule has 1 aliphatic heterocycles. The van der Waals surface area contributed by atoms with Crippen LogP contribution in [0.5, 0.6) is 5.75 Å². The summed E-state index contributed by atoms with van der Waals surface area (Å²) < 4.78 is 7.24. The summed E-state index contributed by atoms with van der Waals surface area (Å²) in [6.07, 6.45) is 6.10. The molecule has 1 aliphatic rings. The predicted molar refractivity (Wildman–Crippen MR) is 87.9 cm³/mol. The Kier molecular flexibility index (Phi) is 6.20. The van der Waals surface area contributed by atoms with Crippen LogP contribution in [0.25, 0.3) is 0 Å². The van der Waals surface area contributed by atoms with E-state index in [-0.39, 0.29) is 5.56 Å². The smallest absolute Gasteiger partial charge is 0.292 e. The molecule has 1 fully saturated rings. The third-order valence-electron chi connectivity index (χ3n) is 3.70. The molecule has 0 bridgehead atoms. The number of rotatable bonds is 7. The van der Waals surface area contributed by atoms with Crippen LogP contribution in [0, 0.1) is 0 Å². The zero-order valence-corrected chi connectivity index (χ0v) is 13.1. The van der Waals surface area contributed by atoms with Crippen LogP contribution in [0.4, 0.5) is 0 Å². The highest BCUT2D eigenvalue weighted by Gasteiger charge is 2.10. The molecule has 1 aromatic heterocycles. The van der Waals surface area contributed by atoms with Crippen molar-refractivity contribution in [2.45, 2.75) is 32.2 Å². The first-order valence-corrected chi connectivity index (χ1v) is 7.90. The lowest BCUT2D eigenvalue weighted by Gasteiger charge is -2.26. The Bertz CT molecular complexity index is 524. The number of ether oxygens (including phenoxy) is 1. The van der Waals surface area contributed by atoms with Crippen LogP contribution in [0.1, 0.15) is 25.7 Å².